The number of carbonyl (C=O) groups excluding carboxylic acids is 1. The second kappa shape index (κ2) is 7.89. The number of nitrogens with zero attached hydrogens (tertiary/aromatic N) is 1. The number of amides is 1. The maximum atomic E-state index is 13.4. The lowest BCUT2D eigenvalue weighted by Crippen LogP contribution is -2.36. The Morgan fingerprint density at radius 1 is 1.03 bits per heavy atom. The average Bonchev–Trinajstić information content (AvgIpc) is 3.33. The maximum Gasteiger partial charge on any atom is 0.417 e. The van der Waals surface area contributed by atoms with E-state index in [9.17, 15) is 23.1 Å². The molecular formula is C23H20F3NO2S. The molecule has 3 nitrogen and oxygen atoms in total. The molecule has 7 heteroatoms. The van der Waals surface area contributed by atoms with Crippen LogP contribution in [0.3, 0.4) is 0 Å². The third-order valence-corrected chi connectivity index (χ3v) is 6.80. The van der Waals surface area contributed by atoms with E-state index in [2.05, 4.69) is 0 Å². The van der Waals surface area contributed by atoms with Gasteiger partial charge in [-0.25, -0.2) is 0 Å². The van der Waals surface area contributed by atoms with Gasteiger partial charge in [-0.1, -0.05) is 48.5 Å². The normalized spacial score (nSPS) is 20.6. The zero-order valence-electron chi connectivity index (χ0n) is 16.1. The van der Waals surface area contributed by atoms with Gasteiger partial charge in [0.05, 0.1) is 11.6 Å². The van der Waals surface area contributed by atoms with Crippen LogP contribution >= 0.6 is 11.3 Å². The second-order valence-corrected chi connectivity index (χ2v) is 8.52. The van der Waals surface area contributed by atoms with Gasteiger partial charge in [-0.05, 0) is 23.8 Å². The van der Waals surface area contributed by atoms with Crippen LogP contribution < -0.4 is 0 Å². The van der Waals surface area contributed by atoms with Crippen molar-refractivity contribution in [3.8, 4) is 10.4 Å². The molecule has 0 aliphatic carbocycles. The van der Waals surface area contributed by atoms with Gasteiger partial charge in [-0.15, -0.1) is 11.3 Å². The highest BCUT2D eigenvalue weighted by molar-refractivity contribution is 7.15. The molecule has 1 aliphatic rings. The van der Waals surface area contributed by atoms with E-state index in [-0.39, 0.29) is 23.8 Å². The van der Waals surface area contributed by atoms with Gasteiger partial charge in [-0.3, -0.25) is 4.79 Å². The fourth-order valence-electron chi connectivity index (χ4n) is 4.11. The van der Waals surface area contributed by atoms with Crippen LogP contribution in [0.5, 0.6) is 0 Å². The predicted molar refractivity (Wildman–Crippen MR) is 110 cm³/mol. The molecule has 0 radical (unpaired) electrons. The standard InChI is InChI=1S/C23H20F3NO2S/c1-27-20(28)13-16(14-7-3-2-4-8-14)21(27)22(29)19-12-11-18(30-19)15-9-5-6-10-17(15)23(24,25)26/h2-12,16,21-22,29H,13H2,1H3/t16-,21-,22?/m1/s1. The van der Waals surface area contributed by atoms with Gasteiger partial charge in [0.2, 0.25) is 5.91 Å². The van der Waals surface area contributed by atoms with E-state index in [1.165, 1.54) is 12.1 Å². The van der Waals surface area contributed by atoms with Gasteiger partial charge in [0.25, 0.3) is 0 Å². The number of alkyl halides is 3. The molecule has 30 heavy (non-hydrogen) atoms. The van der Waals surface area contributed by atoms with Gasteiger partial charge < -0.3 is 10.0 Å². The Balaban J connectivity index is 1.68. The minimum Gasteiger partial charge on any atom is -0.385 e. The molecule has 4 rings (SSSR count). The lowest BCUT2D eigenvalue weighted by molar-refractivity contribution is -0.137. The van der Waals surface area contributed by atoms with E-state index in [1.54, 1.807) is 30.1 Å². The molecule has 1 fully saturated rings. The van der Waals surface area contributed by atoms with Crippen molar-refractivity contribution in [2.45, 2.75) is 30.7 Å². The molecule has 1 aromatic heterocycles. The maximum absolute atomic E-state index is 13.4. The first-order chi connectivity index (χ1) is 14.3. The third kappa shape index (κ3) is 3.75. The van der Waals surface area contributed by atoms with Crippen LogP contribution in [0.25, 0.3) is 10.4 Å². The first-order valence-corrected chi connectivity index (χ1v) is 10.3. The average molecular weight is 431 g/mol. The Morgan fingerprint density at radius 2 is 1.70 bits per heavy atom. The summed E-state index contributed by atoms with van der Waals surface area (Å²) in [5, 5.41) is 11.1. The summed E-state index contributed by atoms with van der Waals surface area (Å²) in [6.07, 6.45) is -5.17. The summed E-state index contributed by atoms with van der Waals surface area (Å²) in [4.78, 5) is 14.9. The number of halogens is 3. The SMILES string of the molecule is CN1C(=O)C[C@H](c2ccccc2)[C@@H]1C(O)c1ccc(-c2ccccc2C(F)(F)F)s1. The number of rotatable bonds is 4. The van der Waals surface area contributed by atoms with Crippen molar-refractivity contribution in [1.29, 1.82) is 0 Å². The smallest absolute Gasteiger partial charge is 0.385 e. The van der Waals surface area contributed by atoms with Crippen molar-refractivity contribution < 1.29 is 23.1 Å². The number of benzene rings is 2. The summed E-state index contributed by atoms with van der Waals surface area (Å²) in [7, 11) is 1.66. The minimum atomic E-state index is -4.46. The first-order valence-electron chi connectivity index (χ1n) is 9.52. The summed E-state index contributed by atoms with van der Waals surface area (Å²) in [5.41, 5.74) is 0.338. The molecule has 1 unspecified atom stereocenters. The molecule has 2 heterocycles. The van der Waals surface area contributed by atoms with Gasteiger partial charge in [-0.2, -0.15) is 13.2 Å². The van der Waals surface area contributed by atoms with E-state index in [1.807, 2.05) is 30.3 Å². The lowest BCUT2D eigenvalue weighted by atomic mass is 9.88. The van der Waals surface area contributed by atoms with Gasteiger partial charge >= 0.3 is 6.18 Å². The highest BCUT2D eigenvalue weighted by Gasteiger charge is 2.43. The molecule has 1 amide bonds. The summed E-state index contributed by atoms with van der Waals surface area (Å²) in [6.45, 7) is 0. The second-order valence-electron chi connectivity index (χ2n) is 7.41. The quantitative estimate of drug-likeness (QED) is 0.594. The van der Waals surface area contributed by atoms with Gasteiger partial charge in [0.1, 0.15) is 6.10 Å². The van der Waals surface area contributed by atoms with Crippen molar-refractivity contribution in [1.82, 2.24) is 4.90 Å². The van der Waals surface area contributed by atoms with E-state index < -0.39 is 23.9 Å². The number of hydrogen-bond acceptors (Lipinski definition) is 3. The fraction of sp³-hybridized carbons (Fsp3) is 0.261. The topological polar surface area (TPSA) is 40.5 Å². The van der Waals surface area contributed by atoms with Crippen LogP contribution in [0.15, 0.2) is 66.7 Å². The van der Waals surface area contributed by atoms with Crippen LogP contribution in [0.1, 0.15) is 34.4 Å². The number of likely N-dealkylation sites (N-methyl/N-ethyl adjacent to an activating group) is 1. The first kappa shape index (κ1) is 20.6. The lowest BCUT2D eigenvalue weighted by Gasteiger charge is -2.29. The molecule has 0 bridgehead atoms. The Hall–Kier alpha value is -2.64. The van der Waals surface area contributed by atoms with Crippen molar-refractivity contribution >= 4 is 17.2 Å². The Bertz CT molecular complexity index is 1050. The van der Waals surface area contributed by atoms with Crippen molar-refractivity contribution in [3.05, 3.63) is 82.7 Å². The number of carbonyl (C=O) groups is 1. The predicted octanol–water partition coefficient (Wildman–Crippen LogP) is 5.48. The van der Waals surface area contributed by atoms with Gasteiger partial charge in [0, 0.05) is 34.7 Å². The van der Waals surface area contributed by atoms with Crippen LogP contribution in [0.4, 0.5) is 13.2 Å². The monoisotopic (exact) mass is 431 g/mol. The van der Waals surface area contributed by atoms with E-state index >= 15 is 0 Å². The molecule has 1 aliphatic heterocycles. The highest BCUT2D eigenvalue weighted by atomic mass is 32.1. The van der Waals surface area contributed by atoms with E-state index in [0.29, 0.717) is 9.75 Å². The van der Waals surface area contributed by atoms with E-state index in [0.717, 1.165) is 23.0 Å². The Labute approximate surface area is 176 Å². The summed E-state index contributed by atoms with van der Waals surface area (Å²) < 4.78 is 40.2. The molecule has 1 saturated heterocycles. The van der Waals surface area contributed by atoms with Crippen LogP contribution in [-0.4, -0.2) is 29.0 Å². The van der Waals surface area contributed by atoms with Crippen LogP contribution in [0.2, 0.25) is 0 Å². The zero-order valence-corrected chi connectivity index (χ0v) is 17.0. The molecule has 0 saturated carbocycles. The van der Waals surface area contributed by atoms with Crippen molar-refractivity contribution in [2.24, 2.45) is 0 Å². The molecule has 1 N–H and O–H groups in total. The zero-order chi connectivity index (χ0) is 21.5. The van der Waals surface area contributed by atoms with Gasteiger partial charge in [0.15, 0.2) is 0 Å². The molecule has 2 aromatic carbocycles. The molecular weight excluding hydrogens is 411 g/mol. The molecule has 3 aromatic rings. The highest BCUT2D eigenvalue weighted by Crippen LogP contribution is 2.44. The number of aliphatic hydroxyl groups is 1. The number of aliphatic hydroxyl groups excluding tert-OH is 1. The third-order valence-electron chi connectivity index (χ3n) is 5.61. The molecule has 156 valence electrons. The number of thiophene rings is 1. The Kier molecular flexibility index (Phi) is 5.42. The van der Waals surface area contributed by atoms with Crippen LogP contribution in [-0.2, 0) is 11.0 Å². The minimum absolute atomic E-state index is 0.0629. The number of hydrogen-bond donors (Lipinski definition) is 1. The van der Waals surface area contributed by atoms with Crippen molar-refractivity contribution in [3.63, 3.8) is 0 Å². The fourth-order valence-corrected chi connectivity index (χ4v) is 5.18. The number of likely N-dealkylation sites (tertiary alicyclic amines) is 1. The molecule has 0 spiro atoms. The molecule has 3 atom stereocenters. The van der Waals surface area contributed by atoms with Crippen LogP contribution in [0, 0.1) is 0 Å². The Morgan fingerprint density at radius 3 is 2.40 bits per heavy atom. The van der Waals surface area contributed by atoms with Crippen molar-refractivity contribution in [2.75, 3.05) is 7.05 Å². The summed E-state index contributed by atoms with van der Waals surface area (Å²) in [5.74, 6) is -0.251. The summed E-state index contributed by atoms with van der Waals surface area (Å²) >= 11 is 1.12. The summed E-state index contributed by atoms with van der Waals surface area (Å²) in [6, 6.07) is 17.7. The van der Waals surface area contributed by atoms with E-state index in [4.69, 9.17) is 0 Å². The largest absolute Gasteiger partial charge is 0.417 e.